The highest BCUT2D eigenvalue weighted by Gasteiger charge is 2.21. The molecule has 110 valence electrons. The summed E-state index contributed by atoms with van der Waals surface area (Å²) in [6, 6.07) is 9.24. The molecule has 0 radical (unpaired) electrons. The van der Waals surface area contributed by atoms with Gasteiger partial charge in [-0.15, -0.1) is 0 Å². The van der Waals surface area contributed by atoms with Crippen molar-refractivity contribution in [2.75, 3.05) is 0 Å². The van der Waals surface area contributed by atoms with Crippen LogP contribution in [0.1, 0.15) is 18.4 Å². The highest BCUT2D eigenvalue weighted by molar-refractivity contribution is 9.10. The Balaban J connectivity index is 1.84. The first-order valence-corrected chi connectivity index (χ1v) is 7.56. The molecule has 0 heterocycles. The molecule has 0 aliphatic heterocycles. The quantitative estimate of drug-likeness (QED) is 0.835. The third kappa shape index (κ3) is 3.80. The lowest BCUT2D eigenvalue weighted by Crippen LogP contribution is -2.16. The number of benzene rings is 2. The Morgan fingerprint density at radius 2 is 1.90 bits per heavy atom. The first-order chi connectivity index (χ1) is 10.1. The normalized spacial score (nSPS) is 14.2. The molecule has 0 bridgehead atoms. The van der Waals surface area contributed by atoms with Gasteiger partial charge >= 0.3 is 0 Å². The van der Waals surface area contributed by atoms with Crippen molar-refractivity contribution in [3.63, 3.8) is 0 Å². The van der Waals surface area contributed by atoms with Crippen molar-refractivity contribution in [3.8, 4) is 11.5 Å². The number of halogens is 3. The molecule has 0 unspecified atom stereocenters. The lowest BCUT2D eigenvalue weighted by molar-refractivity contribution is 0.433. The van der Waals surface area contributed by atoms with Gasteiger partial charge in [0.05, 0.1) is 0 Å². The Kier molecular flexibility index (Phi) is 4.22. The summed E-state index contributed by atoms with van der Waals surface area (Å²) in [5.41, 5.74) is 0.682. The minimum atomic E-state index is -0.455. The molecule has 0 amide bonds. The summed E-state index contributed by atoms with van der Waals surface area (Å²) in [5.74, 6) is -0.210. The largest absolute Gasteiger partial charge is 0.454 e. The van der Waals surface area contributed by atoms with E-state index in [0.717, 1.165) is 17.3 Å². The Morgan fingerprint density at radius 3 is 2.67 bits per heavy atom. The Bertz CT molecular complexity index is 659. The molecule has 2 nitrogen and oxygen atoms in total. The van der Waals surface area contributed by atoms with E-state index in [-0.39, 0.29) is 11.6 Å². The van der Waals surface area contributed by atoms with Crippen molar-refractivity contribution in [1.82, 2.24) is 5.32 Å². The minimum absolute atomic E-state index is 0.114. The van der Waals surface area contributed by atoms with E-state index in [9.17, 15) is 8.78 Å². The van der Waals surface area contributed by atoms with Crippen LogP contribution >= 0.6 is 15.9 Å². The fourth-order valence-corrected chi connectivity index (χ4v) is 2.34. The highest BCUT2D eigenvalue weighted by atomic mass is 79.9. The molecule has 1 aliphatic carbocycles. The molecule has 1 saturated carbocycles. The van der Waals surface area contributed by atoms with Gasteiger partial charge in [0.2, 0.25) is 0 Å². The van der Waals surface area contributed by atoms with E-state index in [2.05, 4.69) is 21.2 Å². The van der Waals surface area contributed by atoms with Crippen molar-refractivity contribution in [2.45, 2.75) is 25.4 Å². The molecular formula is C16H14BrF2NO. The average Bonchev–Trinajstić information content (AvgIpc) is 3.27. The van der Waals surface area contributed by atoms with Crippen molar-refractivity contribution in [1.29, 1.82) is 0 Å². The molecule has 3 rings (SSSR count). The summed E-state index contributed by atoms with van der Waals surface area (Å²) in [5, 5.41) is 3.30. The zero-order chi connectivity index (χ0) is 14.8. The molecule has 0 aromatic heterocycles. The summed E-state index contributed by atoms with van der Waals surface area (Å²) in [4.78, 5) is 0. The van der Waals surface area contributed by atoms with E-state index in [1.165, 1.54) is 24.3 Å². The van der Waals surface area contributed by atoms with Gasteiger partial charge in [0.1, 0.15) is 11.6 Å². The number of ether oxygens (including phenoxy) is 1. The molecule has 0 spiro atoms. The fourth-order valence-electron chi connectivity index (χ4n) is 2.00. The van der Waals surface area contributed by atoms with E-state index in [1.807, 2.05) is 0 Å². The highest BCUT2D eigenvalue weighted by Crippen LogP contribution is 2.31. The van der Waals surface area contributed by atoms with E-state index < -0.39 is 5.82 Å². The number of hydrogen-bond acceptors (Lipinski definition) is 2. The van der Waals surface area contributed by atoms with Crippen LogP contribution < -0.4 is 10.1 Å². The van der Waals surface area contributed by atoms with Crippen molar-refractivity contribution in [3.05, 3.63) is 58.1 Å². The van der Waals surface area contributed by atoms with Gasteiger partial charge in [-0.05, 0) is 49.2 Å². The summed E-state index contributed by atoms with van der Waals surface area (Å²) in [7, 11) is 0. The van der Waals surface area contributed by atoms with Gasteiger partial charge in [0.25, 0.3) is 0 Å². The molecular weight excluding hydrogens is 340 g/mol. The Labute approximate surface area is 130 Å². The third-order valence-corrected chi connectivity index (χ3v) is 3.79. The smallest absolute Gasteiger partial charge is 0.165 e. The summed E-state index contributed by atoms with van der Waals surface area (Å²) in [6.45, 7) is 0.507. The fraction of sp³-hybridized carbons (Fsp3) is 0.250. The van der Waals surface area contributed by atoms with Crippen molar-refractivity contribution in [2.24, 2.45) is 0 Å². The number of rotatable bonds is 5. The minimum Gasteiger partial charge on any atom is -0.454 e. The van der Waals surface area contributed by atoms with Crippen LogP contribution in [-0.4, -0.2) is 6.04 Å². The molecule has 21 heavy (non-hydrogen) atoms. The SMILES string of the molecule is Fc1ccc(Oc2cc(Br)ccc2F)c(CNC2CC2)c1. The average molecular weight is 354 g/mol. The van der Waals surface area contributed by atoms with Gasteiger partial charge in [-0.3, -0.25) is 0 Å². The van der Waals surface area contributed by atoms with Gasteiger partial charge in [-0.1, -0.05) is 15.9 Å². The lowest BCUT2D eigenvalue weighted by Gasteiger charge is -2.13. The molecule has 5 heteroatoms. The summed E-state index contributed by atoms with van der Waals surface area (Å²) in [6.07, 6.45) is 2.29. The first kappa shape index (κ1) is 14.5. The number of nitrogens with one attached hydrogen (secondary N) is 1. The van der Waals surface area contributed by atoms with E-state index in [4.69, 9.17) is 4.74 Å². The maximum atomic E-state index is 13.8. The predicted molar refractivity (Wildman–Crippen MR) is 80.4 cm³/mol. The van der Waals surface area contributed by atoms with Gasteiger partial charge in [0.15, 0.2) is 11.6 Å². The van der Waals surface area contributed by atoms with Crippen LogP contribution in [0.5, 0.6) is 11.5 Å². The zero-order valence-electron chi connectivity index (χ0n) is 11.2. The molecule has 0 atom stereocenters. The molecule has 1 fully saturated rings. The topological polar surface area (TPSA) is 21.3 Å². The first-order valence-electron chi connectivity index (χ1n) is 6.76. The van der Waals surface area contributed by atoms with Crippen LogP contribution in [-0.2, 0) is 6.54 Å². The van der Waals surface area contributed by atoms with Crippen molar-refractivity contribution < 1.29 is 13.5 Å². The van der Waals surface area contributed by atoms with E-state index in [0.29, 0.717) is 23.9 Å². The van der Waals surface area contributed by atoms with Gasteiger partial charge in [-0.25, -0.2) is 8.78 Å². The van der Waals surface area contributed by atoms with Crippen LogP contribution in [0.4, 0.5) is 8.78 Å². The van der Waals surface area contributed by atoms with Gasteiger partial charge in [-0.2, -0.15) is 0 Å². The molecule has 2 aromatic carbocycles. The summed E-state index contributed by atoms with van der Waals surface area (Å²) < 4.78 is 33.5. The molecule has 1 aliphatic rings. The third-order valence-electron chi connectivity index (χ3n) is 3.29. The van der Waals surface area contributed by atoms with Crippen LogP contribution in [0, 0.1) is 11.6 Å². The standard InChI is InChI=1S/C16H14BrF2NO/c17-11-1-5-14(19)16(8-11)21-15-6-2-12(18)7-10(15)9-20-13-3-4-13/h1-2,5-8,13,20H,3-4,9H2. The second-order valence-electron chi connectivity index (χ2n) is 5.08. The lowest BCUT2D eigenvalue weighted by atomic mass is 10.2. The van der Waals surface area contributed by atoms with Crippen LogP contribution in [0.15, 0.2) is 40.9 Å². The van der Waals surface area contributed by atoms with E-state index in [1.54, 1.807) is 12.1 Å². The predicted octanol–water partition coefficient (Wildman–Crippen LogP) is 4.77. The molecule has 0 saturated heterocycles. The second kappa shape index (κ2) is 6.12. The Hall–Kier alpha value is -1.46. The monoisotopic (exact) mass is 353 g/mol. The van der Waals surface area contributed by atoms with Gasteiger partial charge < -0.3 is 10.1 Å². The van der Waals surface area contributed by atoms with Crippen LogP contribution in [0.2, 0.25) is 0 Å². The van der Waals surface area contributed by atoms with E-state index >= 15 is 0 Å². The van der Waals surface area contributed by atoms with Crippen LogP contribution in [0.25, 0.3) is 0 Å². The Morgan fingerprint density at radius 1 is 1.10 bits per heavy atom. The van der Waals surface area contributed by atoms with Crippen LogP contribution in [0.3, 0.4) is 0 Å². The second-order valence-corrected chi connectivity index (χ2v) is 6.00. The molecule has 2 aromatic rings. The maximum Gasteiger partial charge on any atom is 0.165 e. The molecule has 1 N–H and O–H groups in total. The zero-order valence-corrected chi connectivity index (χ0v) is 12.8. The van der Waals surface area contributed by atoms with Gasteiger partial charge in [0, 0.05) is 22.6 Å². The number of hydrogen-bond donors (Lipinski definition) is 1. The summed E-state index contributed by atoms with van der Waals surface area (Å²) >= 11 is 3.28. The maximum absolute atomic E-state index is 13.8. The van der Waals surface area contributed by atoms with Crippen molar-refractivity contribution >= 4 is 15.9 Å².